The Balaban J connectivity index is 3.45. The summed E-state index contributed by atoms with van der Waals surface area (Å²) in [5.41, 5.74) is 6.68. The van der Waals surface area contributed by atoms with Crippen LogP contribution in [0.25, 0.3) is 0 Å². The smallest absolute Gasteiger partial charge is 0.243 e. The Kier molecular flexibility index (Phi) is 19.1. The number of nitrogens with one attached hydrogen (secondary N) is 4. The van der Waals surface area contributed by atoms with E-state index < -0.39 is 53.8 Å². The van der Waals surface area contributed by atoms with Crippen LogP contribution in [0.1, 0.15) is 106 Å². The molecule has 1 unspecified atom stereocenters. The molecule has 0 fully saturated rings. The number of hydrogen-bond acceptors (Lipinski definition) is 6. The number of nitrogens with two attached hydrogens (primary N) is 1. The van der Waals surface area contributed by atoms with Crippen LogP contribution in [0.2, 0.25) is 0 Å². The minimum absolute atomic E-state index is 0.0903. The number of amides is 5. The normalized spacial score (nSPS) is 15.4. The van der Waals surface area contributed by atoms with Gasteiger partial charge in [0.05, 0.1) is 24.0 Å². The van der Waals surface area contributed by atoms with E-state index in [1.165, 1.54) is 0 Å². The first-order valence-electron chi connectivity index (χ1n) is 17.8. The second-order valence-electron chi connectivity index (χ2n) is 14.2. The summed E-state index contributed by atoms with van der Waals surface area (Å²) < 4.78 is 0. The molecule has 11 heteroatoms. The van der Waals surface area contributed by atoms with Crippen molar-refractivity contribution < 1.29 is 29.1 Å². The van der Waals surface area contributed by atoms with Gasteiger partial charge in [-0.3, -0.25) is 24.0 Å². The summed E-state index contributed by atoms with van der Waals surface area (Å²) in [7, 11) is 0. The van der Waals surface area contributed by atoms with Gasteiger partial charge in [-0.05, 0) is 55.4 Å². The van der Waals surface area contributed by atoms with Crippen LogP contribution >= 0.6 is 0 Å². The molecular formula is C37H63N5O6. The van der Waals surface area contributed by atoms with E-state index >= 15 is 0 Å². The van der Waals surface area contributed by atoms with Gasteiger partial charge in [0.25, 0.3) is 0 Å². The Hall–Kier alpha value is -3.47. The van der Waals surface area contributed by atoms with Gasteiger partial charge in [-0.15, -0.1) is 0 Å². The molecule has 0 aliphatic rings. The molecule has 1 aromatic carbocycles. The summed E-state index contributed by atoms with van der Waals surface area (Å²) in [4.78, 5) is 66.6. The van der Waals surface area contributed by atoms with Crippen LogP contribution in [0.4, 0.5) is 0 Å². The van der Waals surface area contributed by atoms with Gasteiger partial charge < -0.3 is 32.1 Å². The van der Waals surface area contributed by atoms with Gasteiger partial charge in [-0.1, -0.05) is 99.1 Å². The average molecular weight is 674 g/mol. The molecule has 6 atom stereocenters. The molecule has 1 aromatic rings. The lowest BCUT2D eigenvalue weighted by Gasteiger charge is -2.35. The SMILES string of the molecule is CCC[C@H](C(=O)NC(CC)CC)C(C(N)=O)[C@H](O)[C@H](Cc1ccccc1)NC(=O)[C@@H](NC(=O)[C@H](CC(C)C)NC(=O)CC(C)C)C(C)C. The van der Waals surface area contributed by atoms with Gasteiger partial charge in [0.1, 0.15) is 12.1 Å². The lowest BCUT2D eigenvalue weighted by Crippen LogP contribution is -2.60. The van der Waals surface area contributed by atoms with Crippen LogP contribution in [0.5, 0.6) is 0 Å². The Labute approximate surface area is 288 Å². The first-order chi connectivity index (χ1) is 22.6. The monoisotopic (exact) mass is 673 g/mol. The number of aliphatic hydroxyl groups is 1. The highest BCUT2D eigenvalue weighted by molar-refractivity contribution is 5.92. The van der Waals surface area contributed by atoms with E-state index in [0.29, 0.717) is 32.1 Å². The van der Waals surface area contributed by atoms with Crippen LogP contribution in [0.3, 0.4) is 0 Å². The van der Waals surface area contributed by atoms with E-state index in [-0.39, 0.29) is 48.5 Å². The van der Waals surface area contributed by atoms with Crippen molar-refractivity contribution in [3.8, 4) is 0 Å². The minimum Gasteiger partial charge on any atom is -0.390 e. The Bertz CT molecular complexity index is 1150. The third-order valence-corrected chi connectivity index (χ3v) is 8.64. The maximum absolute atomic E-state index is 14.0. The molecule has 0 saturated heterocycles. The lowest BCUT2D eigenvalue weighted by atomic mass is 9.79. The zero-order valence-corrected chi connectivity index (χ0v) is 30.7. The summed E-state index contributed by atoms with van der Waals surface area (Å²) in [5, 5.41) is 23.4. The molecule has 5 amide bonds. The van der Waals surface area contributed by atoms with E-state index in [0.717, 1.165) is 5.56 Å². The second-order valence-corrected chi connectivity index (χ2v) is 14.2. The van der Waals surface area contributed by atoms with Gasteiger partial charge in [-0.2, -0.15) is 0 Å². The molecular weight excluding hydrogens is 610 g/mol. The molecule has 0 bridgehead atoms. The predicted octanol–water partition coefficient (Wildman–Crippen LogP) is 3.62. The van der Waals surface area contributed by atoms with Crippen molar-refractivity contribution in [3.63, 3.8) is 0 Å². The fourth-order valence-corrected chi connectivity index (χ4v) is 5.95. The molecule has 11 nitrogen and oxygen atoms in total. The van der Waals surface area contributed by atoms with Crippen LogP contribution in [0.15, 0.2) is 30.3 Å². The fraction of sp³-hybridized carbons (Fsp3) is 0.703. The topological polar surface area (TPSA) is 180 Å². The number of hydrogen-bond donors (Lipinski definition) is 6. The van der Waals surface area contributed by atoms with Gasteiger partial charge in [0, 0.05) is 12.5 Å². The van der Waals surface area contributed by atoms with E-state index in [1.54, 1.807) is 13.8 Å². The molecule has 1 rings (SSSR count). The van der Waals surface area contributed by atoms with Gasteiger partial charge in [0.15, 0.2) is 0 Å². The molecule has 48 heavy (non-hydrogen) atoms. The first kappa shape index (κ1) is 42.6. The van der Waals surface area contributed by atoms with Crippen LogP contribution in [-0.4, -0.2) is 64.9 Å². The van der Waals surface area contributed by atoms with E-state index in [4.69, 9.17) is 5.73 Å². The van der Waals surface area contributed by atoms with Crippen molar-refractivity contribution in [2.24, 2.45) is 35.3 Å². The highest BCUT2D eigenvalue weighted by Crippen LogP contribution is 2.26. The maximum Gasteiger partial charge on any atom is 0.243 e. The predicted molar refractivity (Wildman–Crippen MR) is 189 cm³/mol. The molecule has 0 spiro atoms. The Morgan fingerprint density at radius 1 is 0.771 bits per heavy atom. The van der Waals surface area contributed by atoms with Crippen molar-refractivity contribution >= 4 is 29.5 Å². The Morgan fingerprint density at radius 2 is 1.38 bits per heavy atom. The van der Waals surface area contributed by atoms with Crippen LogP contribution < -0.4 is 27.0 Å². The molecule has 7 N–H and O–H groups in total. The lowest BCUT2D eigenvalue weighted by molar-refractivity contribution is -0.140. The molecule has 0 radical (unpaired) electrons. The average Bonchev–Trinajstić information content (AvgIpc) is 3.00. The van der Waals surface area contributed by atoms with Gasteiger partial charge in [0.2, 0.25) is 29.5 Å². The van der Waals surface area contributed by atoms with Crippen molar-refractivity contribution in [1.29, 1.82) is 0 Å². The quantitative estimate of drug-likeness (QED) is 0.109. The number of carbonyl (C=O) groups excluding carboxylic acids is 5. The zero-order chi connectivity index (χ0) is 36.6. The minimum atomic E-state index is -1.51. The number of rotatable bonds is 22. The fourth-order valence-electron chi connectivity index (χ4n) is 5.95. The second kappa shape index (κ2) is 21.5. The van der Waals surface area contributed by atoms with Crippen molar-refractivity contribution in [2.45, 2.75) is 138 Å². The number of primary amides is 1. The van der Waals surface area contributed by atoms with E-state index in [1.807, 2.05) is 78.8 Å². The zero-order valence-electron chi connectivity index (χ0n) is 30.7. The molecule has 0 aliphatic heterocycles. The summed E-state index contributed by atoms with van der Waals surface area (Å²) in [6.45, 7) is 17.1. The summed E-state index contributed by atoms with van der Waals surface area (Å²) in [6.07, 6.45) is 1.58. The molecule has 0 aromatic heterocycles. The van der Waals surface area contributed by atoms with Crippen molar-refractivity contribution in [3.05, 3.63) is 35.9 Å². The third-order valence-electron chi connectivity index (χ3n) is 8.64. The third kappa shape index (κ3) is 14.3. The highest BCUT2D eigenvalue weighted by atomic mass is 16.3. The first-order valence-corrected chi connectivity index (χ1v) is 17.8. The summed E-state index contributed by atoms with van der Waals surface area (Å²) >= 11 is 0. The highest BCUT2D eigenvalue weighted by Gasteiger charge is 2.42. The van der Waals surface area contributed by atoms with E-state index in [9.17, 15) is 29.1 Å². The molecule has 0 heterocycles. The van der Waals surface area contributed by atoms with E-state index in [2.05, 4.69) is 21.3 Å². The van der Waals surface area contributed by atoms with Crippen LogP contribution in [0, 0.1) is 29.6 Å². The maximum atomic E-state index is 14.0. The standard InChI is InChI=1S/C37H63N5O6/c1-10-16-27(35(46)39-26(11-2)12-3)31(34(38)45)33(44)28(21-25-17-14-13-15-18-25)41-37(48)32(24(8)9)42-36(47)29(19-22(4)5)40-30(43)20-23(6)7/h13-15,17-18,22-24,26-29,31-33,44H,10-12,16,19-21H2,1-9H3,(H2,38,45)(H,39,46)(H,40,43)(H,41,48)(H,42,47)/t27-,28-,29-,31?,32-,33+/m0/s1. The number of benzene rings is 1. The summed E-state index contributed by atoms with van der Waals surface area (Å²) in [5.74, 6) is -4.83. The molecule has 0 saturated carbocycles. The molecule has 272 valence electrons. The Morgan fingerprint density at radius 3 is 1.85 bits per heavy atom. The van der Waals surface area contributed by atoms with Crippen molar-refractivity contribution in [1.82, 2.24) is 21.3 Å². The van der Waals surface area contributed by atoms with Gasteiger partial charge in [-0.25, -0.2) is 0 Å². The molecule has 0 aliphatic carbocycles. The largest absolute Gasteiger partial charge is 0.390 e. The van der Waals surface area contributed by atoms with Gasteiger partial charge >= 0.3 is 0 Å². The van der Waals surface area contributed by atoms with Crippen LogP contribution in [-0.2, 0) is 30.4 Å². The van der Waals surface area contributed by atoms with Crippen molar-refractivity contribution in [2.75, 3.05) is 0 Å². The summed E-state index contributed by atoms with van der Waals surface area (Å²) in [6, 6.07) is 6.22. The number of aliphatic hydroxyl groups excluding tert-OH is 1. The number of carbonyl (C=O) groups is 5.